The quantitative estimate of drug-likeness (QED) is 0.586. The summed E-state index contributed by atoms with van der Waals surface area (Å²) in [5, 5.41) is 14.1. The molecule has 2 N–H and O–H groups in total. The van der Waals surface area contributed by atoms with Crippen molar-refractivity contribution < 1.29 is 28.9 Å². The molecule has 0 unspecified atom stereocenters. The van der Waals surface area contributed by atoms with E-state index in [1.807, 2.05) is 35.3 Å². The molecule has 0 radical (unpaired) electrons. The Bertz CT molecular complexity index is 1020. The smallest absolute Gasteiger partial charge is 0.252 e. The minimum Gasteiger partial charge on any atom is -0.387 e. The zero-order chi connectivity index (χ0) is 27.0. The number of fused-ring (bicyclic) bond motifs is 3. The summed E-state index contributed by atoms with van der Waals surface area (Å²) >= 11 is 0. The molecular formula is C29H42N2O6. The second kappa shape index (κ2) is 10.8. The molecule has 0 bridgehead atoms. The molecule has 0 spiro atoms. The summed E-state index contributed by atoms with van der Waals surface area (Å²) < 4.78 is 17.6. The summed E-state index contributed by atoms with van der Waals surface area (Å²) in [6.07, 6.45) is 3.20. The average Bonchev–Trinajstić information content (AvgIpc) is 2.95. The molecule has 0 aliphatic carbocycles. The normalized spacial score (nSPS) is 30.8. The van der Waals surface area contributed by atoms with Crippen molar-refractivity contribution in [1.82, 2.24) is 10.2 Å². The molecule has 204 valence electrons. The third-order valence-electron chi connectivity index (χ3n) is 7.35. The molecule has 3 heterocycles. The highest BCUT2D eigenvalue weighted by Gasteiger charge is 2.48. The van der Waals surface area contributed by atoms with Crippen molar-refractivity contribution in [3.05, 3.63) is 47.5 Å². The minimum atomic E-state index is -1.14. The maximum absolute atomic E-state index is 13.6. The number of nitrogens with one attached hydrogen (secondary N) is 1. The topological polar surface area (TPSA) is 97.3 Å². The van der Waals surface area contributed by atoms with Crippen LogP contribution in [-0.2, 0) is 30.2 Å². The van der Waals surface area contributed by atoms with E-state index in [1.54, 1.807) is 13.8 Å². The van der Waals surface area contributed by atoms with E-state index in [4.69, 9.17) is 14.2 Å². The molecule has 0 aromatic heterocycles. The van der Waals surface area contributed by atoms with Gasteiger partial charge in [-0.2, -0.15) is 0 Å². The van der Waals surface area contributed by atoms with Gasteiger partial charge in [0.2, 0.25) is 5.91 Å². The van der Waals surface area contributed by atoms with Gasteiger partial charge in [-0.25, -0.2) is 0 Å². The number of benzene rings is 1. The van der Waals surface area contributed by atoms with E-state index in [-0.39, 0.29) is 17.4 Å². The lowest BCUT2D eigenvalue weighted by atomic mass is 9.92. The number of hydrogen-bond donors (Lipinski definition) is 2. The number of amides is 2. The summed E-state index contributed by atoms with van der Waals surface area (Å²) in [4.78, 5) is 29.1. The number of allylic oxidation sites excluding steroid dienone is 1. The largest absolute Gasteiger partial charge is 0.387 e. The first-order valence-electron chi connectivity index (χ1n) is 13.3. The first-order chi connectivity index (χ1) is 17.4. The van der Waals surface area contributed by atoms with Crippen LogP contribution in [-0.4, -0.2) is 71.7 Å². The number of hydrogen-bond acceptors (Lipinski definition) is 6. The lowest BCUT2D eigenvalue weighted by Crippen LogP contribution is -2.62. The van der Waals surface area contributed by atoms with Crippen LogP contribution in [0.15, 0.2) is 36.4 Å². The molecular weight excluding hydrogens is 472 g/mol. The molecule has 2 fully saturated rings. The molecule has 8 nitrogen and oxygen atoms in total. The number of piperidine rings is 1. The Morgan fingerprint density at radius 1 is 1.24 bits per heavy atom. The molecule has 3 aliphatic rings. The van der Waals surface area contributed by atoms with E-state index in [1.165, 1.54) is 7.11 Å². The third-order valence-corrected chi connectivity index (χ3v) is 7.35. The molecule has 8 heteroatoms. The van der Waals surface area contributed by atoms with Gasteiger partial charge in [0.1, 0.15) is 24.4 Å². The fourth-order valence-corrected chi connectivity index (χ4v) is 5.62. The Labute approximate surface area is 220 Å². The zero-order valence-corrected chi connectivity index (χ0v) is 22.9. The van der Waals surface area contributed by atoms with Crippen molar-refractivity contribution in [2.24, 2.45) is 5.41 Å². The number of rotatable bonds is 5. The summed E-state index contributed by atoms with van der Waals surface area (Å²) in [7, 11) is 1.41. The van der Waals surface area contributed by atoms with Crippen LogP contribution in [0.1, 0.15) is 71.0 Å². The molecule has 0 saturated carbocycles. The predicted octanol–water partition coefficient (Wildman–Crippen LogP) is 3.28. The van der Waals surface area contributed by atoms with Crippen LogP contribution in [0.2, 0.25) is 0 Å². The Kier molecular flexibility index (Phi) is 8.14. The minimum absolute atomic E-state index is 0.0365. The standard InChI is InChI=1S/C29H42N2O6/c1-28(2,3)15-14-22-23(32)24(37-29(4,5)36-22)25(35-6)26(33)30-20-17-18-11-7-8-12-19(18)21-13-9-10-16-31(21)27(20)34/h7-8,11-12,14-15,20-25,32H,9-10,13,16-17H2,1-6H3,(H,30,33)/t20-,21+,22+,23-,24+,25+/m0/s1. The predicted molar refractivity (Wildman–Crippen MR) is 140 cm³/mol. The van der Waals surface area contributed by atoms with Crippen LogP contribution in [0.5, 0.6) is 0 Å². The van der Waals surface area contributed by atoms with Crippen molar-refractivity contribution in [2.75, 3.05) is 13.7 Å². The van der Waals surface area contributed by atoms with E-state index in [2.05, 4.69) is 32.2 Å². The molecule has 2 amide bonds. The van der Waals surface area contributed by atoms with Crippen LogP contribution in [0.4, 0.5) is 0 Å². The monoisotopic (exact) mass is 514 g/mol. The molecule has 1 aromatic carbocycles. The first kappa shape index (κ1) is 27.8. The van der Waals surface area contributed by atoms with Crippen molar-refractivity contribution in [3.63, 3.8) is 0 Å². The van der Waals surface area contributed by atoms with Gasteiger partial charge in [0, 0.05) is 20.1 Å². The van der Waals surface area contributed by atoms with Crippen LogP contribution in [0.3, 0.4) is 0 Å². The Hall–Kier alpha value is -2.26. The van der Waals surface area contributed by atoms with Gasteiger partial charge in [-0.3, -0.25) is 9.59 Å². The number of aliphatic hydroxyl groups is 1. The lowest BCUT2D eigenvalue weighted by molar-refractivity contribution is -0.334. The van der Waals surface area contributed by atoms with Crippen molar-refractivity contribution in [1.29, 1.82) is 0 Å². The summed E-state index contributed by atoms with van der Waals surface area (Å²) in [5.41, 5.74) is 2.12. The van der Waals surface area contributed by atoms with Gasteiger partial charge in [0.25, 0.3) is 5.91 Å². The summed E-state index contributed by atoms with van der Waals surface area (Å²) in [6.45, 7) is 10.3. The van der Waals surface area contributed by atoms with Gasteiger partial charge in [0.05, 0.1) is 6.04 Å². The van der Waals surface area contributed by atoms with E-state index >= 15 is 0 Å². The molecule has 6 atom stereocenters. The maximum atomic E-state index is 13.6. The van der Waals surface area contributed by atoms with Crippen molar-refractivity contribution in [2.45, 2.75) is 103 Å². The van der Waals surface area contributed by atoms with Crippen LogP contribution in [0, 0.1) is 5.41 Å². The van der Waals surface area contributed by atoms with Crippen LogP contribution >= 0.6 is 0 Å². The van der Waals surface area contributed by atoms with E-state index in [0.29, 0.717) is 13.0 Å². The van der Waals surface area contributed by atoms with Gasteiger partial charge in [0.15, 0.2) is 11.9 Å². The fraction of sp³-hybridized carbons (Fsp3) is 0.655. The Morgan fingerprint density at radius 2 is 1.97 bits per heavy atom. The number of aliphatic hydroxyl groups excluding tert-OH is 1. The van der Waals surface area contributed by atoms with Crippen LogP contribution in [0.25, 0.3) is 0 Å². The van der Waals surface area contributed by atoms with Gasteiger partial charge >= 0.3 is 0 Å². The summed E-state index contributed by atoms with van der Waals surface area (Å²) in [5.74, 6) is -1.62. The highest BCUT2D eigenvalue weighted by atomic mass is 16.7. The lowest BCUT2D eigenvalue weighted by Gasteiger charge is -2.45. The summed E-state index contributed by atoms with van der Waals surface area (Å²) in [6, 6.07) is 7.41. The Morgan fingerprint density at radius 3 is 2.68 bits per heavy atom. The van der Waals surface area contributed by atoms with E-state index in [9.17, 15) is 14.7 Å². The van der Waals surface area contributed by atoms with E-state index < -0.39 is 42.2 Å². The first-order valence-corrected chi connectivity index (χ1v) is 13.3. The molecule has 4 rings (SSSR count). The number of carbonyl (C=O) groups is 2. The number of methoxy groups -OCH3 is 1. The Balaban J connectivity index is 1.56. The molecule has 3 aliphatic heterocycles. The fourth-order valence-electron chi connectivity index (χ4n) is 5.62. The maximum Gasteiger partial charge on any atom is 0.252 e. The average molecular weight is 515 g/mol. The van der Waals surface area contributed by atoms with Gasteiger partial charge in [-0.1, -0.05) is 57.2 Å². The van der Waals surface area contributed by atoms with Crippen LogP contribution < -0.4 is 5.32 Å². The number of ether oxygens (including phenoxy) is 3. The molecule has 1 aromatic rings. The third kappa shape index (κ3) is 6.25. The SMILES string of the molecule is CO[C@@H](C(=O)N[C@H]1Cc2ccccc2[C@H]2CCCCN2C1=O)[C@@H]1OC(C)(C)O[C@H](C=CC(C)(C)C)[C@@H]1O. The van der Waals surface area contributed by atoms with Gasteiger partial charge in [-0.15, -0.1) is 0 Å². The van der Waals surface area contributed by atoms with E-state index in [0.717, 1.165) is 30.4 Å². The van der Waals surface area contributed by atoms with Crippen molar-refractivity contribution in [3.8, 4) is 0 Å². The van der Waals surface area contributed by atoms with Gasteiger partial charge in [-0.05, 0) is 49.7 Å². The second-order valence-corrected chi connectivity index (χ2v) is 11.9. The zero-order valence-electron chi connectivity index (χ0n) is 22.9. The number of carbonyl (C=O) groups excluding carboxylic acids is 2. The highest BCUT2D eigenvalue weighted by molar-refractivity contribution is 5.90. The van der Waals surface area contributed by atoms with Crippen molar-refractivity contribution >= 4 is 11.8 Å². The molecule has 37 heavy (non-hydrogen) atoms. The number of nitrogens with zero attached hydrogens (tertiary/aromatic N) is 1. The van der Waals surface area contributed by atoms with Gasteiger partial charge < -0.3 is 29.5 Å². The molecule has 2 saturated heterocycles. The second-order valence-electron chi connectivity index (χ2n) is 11.9. The highest BCUT2D eigenvalue weighted by Crippen LogP contribution is 2.36.